The van der Waals surface area contributed by atoms with Crippen LogP contribution in [0.2, 0.25) is 0 Å². The van der Waals surface area contributed by atoms with Gasteiger partial charge in [-0.1, -0.05) is 6.07 Å². The summed E-state index contributed by atoms with van der Waals surface area (Å²) in [6.45, 7) is 1.92. The molecule has 5 rings (SSSR count). The first-order valence-electron chi connectivity index (χ1n) is 9.88. The van der Waals surface area contributed by atoms with E-state index in [1.54, 1.807) is 4.57 Å². The molecule has 2 aliphatic rings. The molecular formula is C21H17F4N5O2. The van der Waals surface area contributed by atoms with Crippen molar-refractivity contribution in [1.82, 2.24) is 24.6 Å². The number of benzene rings is 1. The van der Waals surface area contributed by atoms with E-state index in [4.69, 9.17) is 4.74 Å². The molecule has 7 nitrogen and oxygen atoms in total. The highest BCUT2D eigenvalue weighted by Crippen LogP contribution is 2.38. The molecule has 1 fully saturated rings. The molecule has 0 radical (unpaired) electrons. The molecule has 2 atom stereocenters. The third-order valence-corrected chi connectivity index (χ3v) is 5.85. The molecule has 166 valence electrons. The first kappa shape index (κ1) is 20.6. The predicted octanol–water partition coefficient (Wildman–Crippen LogP) is 3.40. The molecule has 0 saturated carbocycles. The largest absolute Gasteiger partial charge is 0.416 e. The number of aromatic nitrogens is 4. The van der Waals surface area contributed by atoms with Crippen LogP contribution < -0.4 is 0 Å². The fourth-order valence-electron chi connectivity index (χ4n) is 4.34. The Morgan fingerprint density at radius 3 is 2.69 bits per heavy atom. The summed E-state index contributed by atoms with van der Waals surface area (Å²) in [5.74, 6) is -0.118. The summed E-state index contributed by atoms with van der Waals surface area (Å²) in [6, 6.07) is 5.30. The van der Waals surface area contributed by atoms with Crippen molar-refractivity contribution >= 4 is 5.91 Å². The van der Waals surface area contributed by atoms with Crippen molar-refractivity contribution < 1.29 is 27.1 Å². The topological polar surface area (TPSA) is 73.1 Å². The second kappa shape index (κ2) is 7.37. The lowest BCUT2D eigenvalue weighted by atomic mass is 9.97. The summed E-state index contributed by atoms with van der Waals surface area (Å²) < 4.78 is 60.8. The standard InChI is InChI=1S/C21H17F4N5O2/c1-11-14(3-2-4-15(11)21(23,24)25)20(31)30-13-8-29-18(16-6-5-12(22)7-26-16)27-28-19(29)17(30)10-32-9-13/h2-7,13,17H,8-10H2,1H3/t13-,17+/m0/s1. The molecule has 2 aliphatic heterocycles. The van der Waals surface area contributed by atoms with E-state index in [1.807, 2.05) is 0 Å². The second-order valence-corrected chi connectivity index (χ2v) is 7.75. The number of halogens is 4. The van der Waals surface area contributed by atoms with Crippen LogP contribution in [-0.2, 0) is 17.5 Å². The van der Waals surface area contributed by atoms with Gasteiger partial charge < -0.3 is 14.2 Å². The maximum absolute atomic E-state index is 13.4. The number of hydrogen-bond donors (Lipinski definition) is 0. The molecule has 1 amide bonds. The first-order valence-corrected chi connectivity index (χ1v) is 9.88. The zero-order chi connectivity index (χ0) is 22.6. The van der Waals surface area contributed by atoms with Crippen molar-refractivity contribution in [3.8, 4) is 11.5 Å². The van der Waals surface area contributed by atoms with Crippen molar-refractivity contribution in [3.05, 3.63) is 64.9 Å². The van der Waals surface area contributed by atoms with Crippen molar-refractivity contribution in [3.63, 3.8) is 0 Å². The minimum Gasteiger partial charge on any atom is -0.377 e. The fourth-order valence-corrected chi connectivity index (χ4v) is 4.34. The summed E-state index contributed by atoms with van der Waals surface area (Å²) in [5.41, 5.74) is -0.537. The summed E-state index contributed by atoms with van der Waals surface area (Å²) in [7, 11) is 0. The molecule has 0 unspecified atom stereocenters. The summed E-state index contributed by atoms with van der Waals surface area (Å²) in [6.07, 6.45) is -3.48. The Hall–Kier alpha value is -3.34. The van der Waals surface area contributed by atoms with E-state index in [-0.39, 0.29) is 30.9 Å². The normalized spacial score (nSPS) is 20.2. The molecule has 1 aromatic carbocycles. The second-order valence-electron chi connectivity index (χ2n) is 7.75. The fraction of sp³-hybridized carbons (Fsp3) is 0.333. The van der Waals surface area contributed by atoms with E-state index in [9.17, 15) is 22.4 Å². The quantitative estimate of drug-likeness (QED) is 0.563. The lowest BCUT2D eigenvalue weighted by Crippen LogP contribution is -2.56. The maximum atomic E-state index is 13.4. The molecule has 11 heteroatoms. The zero-order valence-electron chi connectivity index (χ0n) is 16.8. The van der Waals surface area contributed by atoms with Crippen molar-refractivity contribution in [1.29, 1.82) is 0 Å². The average molecular weight is 447 g/mol. The Labute approximate surface area is 179 Å². The highest BCUT2D eigenvalue weighted by atomic mass is 19.4. The number of amides is 1. The molecule has 32 heavy (non-hydrogen) atoms. The van der Waals surface area contributed by atoms with Crippen LogP contribution in [0, 0.1) is 12.7 Å². The van der Waals surface area contributed by atoms with Crippen molar-refractivity contribution in [2.75, 3.05) is 13.2 Å². The lowest BCUT2D eigenvalue weighted by molar-refractivity contribution is -0.138. The predicted molar refractivity (Wildman–Crippen MR) is 103 cm³/mol. The average Bonchev–Trinajstić information content (AvgIpc) is 3.16. The third-order valence-electron chi connectivity index (χ3n) is 5.85. The Bertz CT molecular complexity index is 1190. The molecular weight excluding hydrogens is 430 g/mol. The first-order chi connectivity index (χ1) is 15.3. The number of fused-ring (bicyclic) bond motifs is 4. The number of pyridine rings is 1. The number of alkyl halides is 3. The van der Waals surface area contributed by atoms with E-state index in [2.05, 4.69) is 15.2 Å². The monoisotopic (exact) mass is 447 g/mol. The molecule has 0 N–H and O–H groups in total. The number of carbonyl (C=O) groups excluding carboxylic acids is 1. The number of carbonyl (C=O) groups is 1. The molecule has 0 aliphatic carbocycles. The Morgan fingerprint density at radius 2 is 1.97 bits per heavy atom. The van der Waals surface area contributed by atoms with Gasteiger partial charge in [0.15, 0.2) is 11.6 Å². The van der Waals surface area contributed by atoms with Crippen LogP contribution in [0.15, 0.2) is 36.5 Å². The van der Waals surface area contributed by atoms with Gasteiger partial charge in [-0.2, -0.15) is 13.2 Å². The van der Waals surface area contributed by atoms with Crippen LogP contribution in [0.5, 0.6) is 0 Å². The molecule has 2 aromatic heterocycles. The molecule has 2 bridgehead atoms. The summed E-state index contributed by atoms with van der Waals surface area (Å²) in [5, 5.41) is 8.38. The highest BCUT2D eigenvalue weighted by Gasteiger charge is 2.45. The van der Waals surface area contributed by atoms with Gasteiger partial charge in [-0.05, 0) is 36.8 Å². The van der Waals surface area contributed by atoms with Gasteiger partial charge in [0.05, 0.1) is 31.0 Å². The van der Waals surface area contributed by atoms with Crippen LogP contribution in [0.25, 0.3) is 11.5 Å². The summed E-state index contributed by atoms with van der Waals surface area (Å²) in [4.78, 5) is 19.0. The minimum atomic E-state index is -4.56. The van der Waals surface area contributed by atoms with E-state index in [1.165, 1.54) is 36.1 Å². The lowest BCUT2D eigenvalue weighted by Gasteiger charge is -2.45. The molecule has 1 saturated heterocycles. The van der Waals surface area contributed by atoms with Gasteiger partial charge in [0.25, 0.3) is 5.91 Å². The third kappa shape index (κ3) is 3.24. The van der Waals surface area contributed by atoms with Gasteiger partial charge in [-0.15, -0.1) is 10.2 Å². The molecule has 0 spiro atoms. The number of nitrogens with zero attached hydrogens (tertiary/aromatic N) is 5. The number of rotatable bonds is 2. The molecule has 3 aromatic rings. The van der Waals surface area contributed by atoms with Gasteiger partial charge in [-0.25, -0.2) is 9.37 Å². The minimum absolute atomic E-state index is 0.00915. The maximum Gasteiger partial charge on any atom is 0.416 e. The zero-order valence-corrected chi connectivity index (χ0v) is 16.8. The Balaban J connectivity index is 1.54. The van der Waals surface area contributed by atoms with Crippen LogP contribution in [-0.4, -0.2) is 49.8 Å². The van der Waals surface area contributed by atoms with E-state index < -0.39 is 35.5 Å². The van der Waals surface area contributed by atoms with E-state index in [0.717, 1.165) is 12.3 Å². The van der Waals surface area contributed by atoms with Crippen LogP contribution >= 0.6 is 0 Å². The number of ether oxygens (including phenoxy) is 1. The van der Waals surface area contributed by atoms with E-state index >= 15 is 0 Å². The van der Waals surface area contributed by atoms with Crippen molar-refractivity contribution in [2.45, 2.75) is 31.7 Å². The van der Waals surface area contributed by atoms with Crippen LogP contribution in [0.4, 0.5) is 17.6 Å². The van der Waals surface area contributed by atoms with Gasteiger partial charge in [0.2, 0.25) is 0 Å². The van der Waals surface area contributed by atoms with Gasteiger partial charge in [0, 0.05) is 12.1 Å². The highest BCUT2D eigenvalue weighted by molar-refractivity contribution is 5.96. The SMILES string of the molecule is Cc1c(C(=O)N2[C@@H]3COC[C@@H]2c2nnc(-c4ccc(F)cn4)n2C3)cccc1C(F)(F)F. The summed E-state index contributed by atoms with van der Waals surface area (Å²) >= 11 is 0. The number of morpholine rings is 1. The van der Waals surface area contributed by atoms with E-state index in [0.29, 0.717) is 17.3 Å². The Kier molecular flexibility index (Phi) is 4.73. The van der Waals surface area contributed by atoms with Crippen molar-refractivity contribution in [2.24, 2.45) is 0 Å². The number of hydrogen-bond acceptors (Lipinski definition) is 5. The van der Waals surface area contributed by atoms with Gasteiger partial charge in [-0.3, -0.25) is 4.79 Å². The van der Waals surface area contributed by atoms with Gasteiger partial charge >= 0.3 is 6.18 Å². The smallest absolute Gasteiger partial charge is 0.377 e. The van der Waals surface area contributed by atoms with Gasteiger partial charge in [0.1, 0.15) is 17.6 Å². The molecule has 4 heterocycles. The van der Waals surface area contributed by atoms with Crippen LogP contribution in [0.1, 0.15) is 33.4 Å². The Morgan fingerprint density at radius 1 is 1.16 bits per heavy atom. The van der Waals surface area contributed by atoms with Crippen LogP contribution in [0.3, 0.4) is 0 Å².